The van der Waals surface area contributed by atoms with Crippen molar-refractivity contribution in [2.24, 2.45) is 0 Å². The van der Waals surface area contributed by atoms with Gasteiger partial charge in [-0.2, -0.15) is 0 Å². The molecule has 0 aromatic heterocycles. The third-order valence-corrected chi connectivity index (χ3v) is 1.33. The molecule has 0 fully saturated rings. The fourth-order valence-electron chi connectivity index (χ4n) is 0.759. The van der Waals surface area contributed by atoms with Crippen LogP contribution in [0.1, 0.15) is 26.2 Å². The van der Waals surface area contributed by atoms with Crippen molar-refractivity contribution in [2.45, 2.75) is 26.2 Å². The normalized spacial score (nSPS) is 15.5. The lowest BCUT2D eigenvalue weighted by Gasteiger charge is -2.08. The summed E-state index contributed by atoms with van der Waals surface area (Å²) in [6, 6.07) is 0. The molecule has 0 saturated heterocycles. The molecule has 56 valence electrons. The van der Waals surface area contributed by atoms with Gasteiger partial charge in [0.2, 0.25) is 0 Å². The van der Waals surface area contributed by atoms with E-state index < -0.39 is 0 Å². The monoisotopic (exact) mass is 140 g/mol. The molecule has 2 nitrogen and oxygen atoms in total. The molecule has 1 aliphatic heterocycles. The van der Waals surface area contributed by atoms with E-state index in [0.29, 0.717) is 0 Å². The molecule has 1 heterocycles. The van der Waals surface area contributed by atoms with Crippen LogP contribution in [0.3, 0.4) is 0 Å². The molecule has 10 heavy (non-hydrogen) atoms. The third kappa shape index (κ3) is 2.13. The molecule has 0 saturated carbocycles. The summed E-state index contributed by atoms with van der Waals surface area (Å²) in [6.45, 7) is 2.15. The maximum atomic E-state index is 5.14. The van der Waals surface area contributed by atoms with Crippen molar-refractivity contribution in [1.29, 1.82) is 0 Å². The number of rotatable bonds is 3. The first-order valence-corrected chi connectivity index (χ1v) is 3.59. The average Bonchev–Trinajstić information content (AvgIpc) is 2.03. The Hall–Kier alpha value is -0.920. The summed E-state index contributed by atoms with van der Waals surface area (Å²) >= 11 is 0. The van der Waals surface area contributed by atoms with Crippen molar-refractivity contribution in [1.82, 2.24) is 0 Å². The lowest BCUT2D eigenvalue weighted by Crippen LogP contribution is -1.91. The molecule has 0 N–H and O–H groups in total. The highest BCUT2D eigenvalue weighted by molar-refractivity contribution is 4.94. The molecule has 2 heteroatoms. The van der Waals surface area contributed by atoms with E-state index in [2.05, 4.69) is 6.92 Å². The van der Waals surface area contributed by atoms with Crippen molar-refractivity contribution in [2.75, 3.05) is 0 Å². The van der Waals surface area contributed by atoms with Crippen LogP contribution in [0.15, 0.2) is 24.5 Å². The standard InChI is InChI=1S/C8H12O2/c1-2-3-4-8-7-9-5-6-10-8/h5-7H,2-4H2,1H3. The van der Waals surface area contributed by atoms with Gasteiger partial charge in [-0.25, -0.2) is 0 Å². The highest BCUT2D eigenvalue weighted by Crippen LogP contribution is 2.12. The molecule has 0 radical (unpaired) electrons. The lowest BCUT2D eigenvalue weighted by molar-refractivity contribution is 0.244. The summed E-state index contributed by atoms with van der Waals surface area (Å²) in [5.74, 6) is 0.921. The fraction of sp³-hybridized carbons (Fsp3) is 0.500. The van der Waals surface area contributed by atoms with Crippen LogP contribution in [0.4, 0.5) is 0 Å². The van der Waals surface area contributed by atoms with Gasteiger partial charge < -0.3 is 9.47 Å². The third-order valence-electron chi connectivity index (χ3n) is 1.33. The van der Waals surface area contributed by atoms with Gasteiger partial charge in [0, 0.05) is 6.42 Å². The molecule has 0 amide bonds. The van der Waals surface area contributed by atoms with Gasteiger partial charge in [0.25, 0.3) is 0 Å². The van der Waals surface area contributed by atoms with E-state index in [-0.39, 0.29) is 0 Å². The second kappa shape index (κ2) is 3.99. The van der Waals surface area contributed by atoms with Crippen LogP contribution >= 0.6 is 0 Å². The molecule has 0 aliphatic carbocycles. The Morgan fingerprint density at radius 3 is 2.90 bits per heavy atom. The first-order valence-electron chi connectivity index (χ1n) is 3.59. The summed E-state index contributed by atoms with van der Waals surface area (Å²) in [5, 5.41) is 0. The second-order valence-electron chi connectivity index (χ2n) is 2.21. The Morgan fingerprint density at radius 1 is 1.40 bits per heavy atom. The molecule has 0 atom stereocenters. The van der Waals surface area contributed by atoms with Crippen molar-refractivity contribution >= 4 is 0 Å². The van der Waals surface area contributed by atoms with Gasteiger partial charge in [-0.05, 0) is 6.42 Å². The molecule has 0 aromatic rings. The van der Waals surface area contributed by atoms with Crippen LogP contribution < -0.4 is 0 Å². The van der Waals surface area contributed by atoms with Crippen molar-refractivity contribution in [3.8, 4) is 0 Å². The molecular weight excluding hydrogens is 128 g/mol. The summed E-state index contributed by atoms with van der Waals surface area (Å²) in [5.41, 5.74) is 0. The Bertz CT molecular complexity index is 147. The summed E-state index contributed by atoms with van der Waals surface area (Å²) in [6.07, 6.45) is 8.05. The minimum absolute atomic E-state index is 0.921. The topological polar surface area (TPSA) is 18.5 Å². The lowest BCUT2D eigenvalue weighted by atomic mass is 10.2. The van der Waals surface area contributed by atoms with Gasteiger partial charge in [0.05, 0.1) is 0 Å². The van der Waals surface area contributed by atoms with E-state index in [1.165, 1.54) is 12.7 Å². The molecule has 1 rings (SSSR count). The van der Waals surface area contributed by atoms with Gasteiger partial charge >= 0.3 is 0 Å². The SMILES string of the molecule is CCCCC1=COC=CO1. The molecule has 0 unspecified atom stereocenters. The number of hydrogen-bond acceptors (Lipinski definition) is 2. The van der Waals surface area contributed by atoms with E-state index in [9.17, 15) is 0 Å². The number of allylic oxidation sites excluding steroid dienone is 1. The average molecular weight is 140 g/mol. The molecule has 0 spiro atoms. The Kier molecular flexibility index (Phi) is 2.87. The number of ether oxygens (including phenoxy) is 2. The smallest absolute Gasteiger partial charge is 0.138 e. The second-order valence-corrected chi connectivity index (χ2v) is 2.21. The summed E-state index contributed by atoms with van der Waals surface area (Å²) < 4.78 is 10.0. The predicted octanol–water partition coefficient (Wildman–Crippen LogP) is 2.54. The quantitative estimate of drug-likeness (QED) is 0.599. The van der Waals surface area contributed by atoms with E-state index in [1.807, 2.05) is 0 Å². The van der Waals surface area contributed by atoms with Gasteiger partial charge in [0.15, 0.2) is 0 Å². The fourth-order valence-corrected chi connectivity index (χ4v) is 0.759. The zero-order valence-corrected chi connectivity index (χ0v) is 6.17. The number of hydrogen-bond donors (Lipinski definition) is 0. The van der Waals surface area contributed by atoms with Gasteiger partial charge in [0.1, 0.15) is 24.5 Å². The maximum Gasteiger partial charge on any atom is 0.138 e. The van der Waals surface area contributed by atoms with E-state index in [1.54, 1.807) is 12.5 Å². The van der Waals surface area contributed by atoms with E-state index >= 15 is 0 Å². The van der Waals surface area contributed by atoms with E-state index in [4.69, 9.17) is 9.47 Å². The largest absolute Gasteiger partial charge is 0.466 e. The van der Waals surface area contributed by atoms with Crippen LogP contribution in [0.5, 0.6) is 0 Å². The molecule has 1 aliphatic rings. The Morgan fingerprint density at radius 2 is 2.30 bits per heavy atom. The predicted molar refractivity (Wildman–Crippen MR) is 38.9 cm³/mol. The van der Waals surface area contributed by atoms with Gasteiger partial charge in [-0.15, -0.1) is 0 Å². The van der Waals surface area contributed by atoms with Crippen LogP contribution in [0, 0.1) is 0 Å². The first kappa shape index (κ1) is 7.19. The van der Waals surface area contributed by atoms with Crippen molar-refractivity contribution in [3.63, 3.8) is 0 Å². The Labute approximate surface area is 61.1 Å². The minimum atomic E-state index is 0.921. The summed E-state index contributed by atoms with van der Waals surface area (Å²) in [7, 11) is 0. The van der Waals surface area contributed by atoms with Crippen molar-refractivity contribution in [3.05, 3.63) is 24.5 Å². The van der Waals surface area contributed by atoms with Crippen molar-refractivity contribution < 1.29 is 9.47 Å². The highest BCUT2D eigenvalue weighted by Gasteiger charge is 1.98. The molecular formula is C8H12O2. The highest BCUT2D eigenvalue weighted by atomic mass is 16.5. The summed E-state index contributed by atoms with van der Waals surface area (Å²) in [4.78, 5) is 0. The van der Waals surface area contributed by atoms with Crippen LogP contribution in [0.2, 0.25) is 0 Å². The van der Waals surface area contributed by atoms with Gasteiger partial charge in [-0.1, -0.05) is 13.3 Å². The molecule has 0 aromatic carbocycles. The maximum absolute atomic E-state index is 5.14. The number of unbranched alkanes of at least 4 members (excludes halogenated alkanes) is 1. The van der Waals surface area contributed by atoms with Crippen LogP contribution in [0.25, 0.3) is 0 Å². The first-order chi connectivity index (χ1) is 4.93. The Balaban J connectivity index is 2.21. The van der Waals surface area contributed by atoms with Crippen LogP contribution in [-0.4, -0.2) is 0 Å². The molecule has 0 bridgehead atoms. The zero-order chi connectivity index (χ0) is 7.23. The van der Waals surface area contributed by atoms with Crippen LogP contribution in [-0.2, 0) is 9.47 Å². The minimum Gasteiger partial charge on any atom is -0.466 e. The van der Waals surface area contributed by atoms with E-state index in [0.717, 1.165) is 18.6 Å². The zero-order valence-electron chi connectivity index (χ0n) is 6.17. The van der Waals surface area contributed by atoms with Gasteiger partial charge in [-0.3, -0.25) is 0 Å².